The van der Waals surface area contributed by atoms with Gasteiger partial charge in [0.25, 0.3) is 0 Å². The molecule has 70 valence electrons. The van der Waals surface area contributed by atoms with Gasteiger partial charge in [0.1, 0.15) is 0 Å². The summed E-state index contributed by atoms with van der Waals surface area (Å²) < 4.78 is 0. The predicted octanol–water partition coefficient (Wildman–Crippen LogP) is 1.96. The molecule has 0 aliphatic carbocycles. The van der Waals surface area contributed by atoms with Gasteiger partial charge in [0.2, 0.25) is 0 Å². The Labute approximate surface area is 72.7 Å². The van der Waals surface area contributed by atoms with Crippen LogP contribution in [-0.2, 0) is 4.79 Å². The Bertz CT molecular complexity index is 166. The fourth-order valence-electron chi connectivity index (χ4n) is 0.546. The minimum absolute atomic E-state index is 0.587. The van der Waals surface area contributed by atoms with Crippen LogP contribution < -0.4 is 0 Å². The van der Waals surface area contributed by atoms with E-state index < -0.39 is 12.0 Å². The second-order valence-electron chi connectivity index (χ2n) is 3.18. The van der Waals surface area contributed by atoms with Gasteiger partial charge < -0.3 is 5.11 Å². The fraction of sp³-hybridized carbons (Fsp3) is 0.875. The average Bonchev–Trinajstić information content (AvgIpc) is 1.97. The van der Waals surface area contributed by atoms with E-state index in [1.807, 2.05) is 0 Å². The van der Waals surface area contributed by atoms with E-state index in [1.54, 1.807) is 0 Å². The second kappa shape index (κ2) is 5.69. The van der Waals surface area contributed by atoms with E-state index in [-0.39, 0.29) is 0 Å². The number of hydrogen-bond acceptors (Lipinski definition) is 3. The molecule has 0 rings (SSSR count). The van der Waals surface area contributed by atoms with Gasteiger partial charge in [-0.25, -0.2) is 4.79 Å². The molecule has 0 spiro atoms. The van der Waals surface area contributed by atoms with E-state index in [0.717, 1.165) is 6.42 Å². The second-order valence-corrected chi connectivity index (χ2v) is 3.18. The SMILES string of the molecule is CC(C)CCN=NC(C)C(=O)O. The van der Waals surface area contributed by atoms with Crippen molar-refractivity contribution in [2.45, 2.75) is 33.2 Å². The van der Waals surface area contributed by atoms with E-state index >= 15 is 0 Å². The molecule has 0 aromatic heterocycles. The van der Waals surface area contributed by atoms with Crippen LogP contribution in [0.3, 0.4) is 0 Å². The summed E-state index contributed by atoms with van der Waals surface area (Å²) in [6, 6.07) is -0.711. The summed E-state index contributed by atoms with van der Waals surface area (Å²) in [6.45, 7) is 6.32. The van der Waals surface area contributed by atoms with Gasteiger partial charge in [-0.2, -0.15) is 10.2 Å². The van der Waals surface area contributed by atoms with Crippen molar-refractivity contribution in [1.29, 1.82) is 0 Å². The minimum Gasteiger partial charge on any atom is -0.480 e. The van der Waals surface area contributed by atoms with Crippen molar-refractivity contribution in [3.63, 3.8) is 0 Å². The van der Waals surface area contributed by atoms with Crippen molar-refractivity contribution >= 4 is 5.97 Å². The Morgan fingerprint density at radius 2 is 2.00 bits per heavy atom. The van der Waals surface area contributed by atoms with Crippen LogP contribution in [0.5, 0.6) is 0 Å². The van der Waals surface area contributed by atoms with E-state index in [4.69, 9.17) is 5.11 Å². The topological polar surface area (TPSA) is 62.0 Å². The van der Waals surface area contributed by atoms with Gasteiger partial charge in [0.05, 0.1) is 6.54 Å². The van der Waals surface area contributed by atoms with Crippen molar-refractivity contribution in [3.8, 4) is 0 Å². The summed E-state index contributed by atoms with van der Waals surface area (Å²) in [7, 11) is 0. The Morgan fingerprint density at radius 1 is 1.42 bits per heavy atom. The molecular formula is C8H16N2O2. The van der Waals surface area contributed by atoms with Gasteiger partial charge in [-0.3, -0.25) is 0 Å². The molecule has 0 saturated carbocycles. The average molecular weight is 172 g/mol. The van der Waals surface area contributed by atoms with Gasteiger partial charge in [0.15, 0.2) is 6.04 Å². The summed E-state index contributed by atoms with van der Waals surface area (Å²) in [6.07, 6.45) is 0.954. The first-order chi connectivity index (χ1) is 5.54. The third-order valence-corrected chi connectivity index (χ3v) is 1.42. The molecule has 0 aromatic carbocycles. The zero-order valence-corrected chi connectivity index (χ0v) is 7.82. The normalized spacial score (nSPS) is 14.0. The van der Waals surface area contributed by atoms with Crippen LogP contribution in [0.1, 0.15) is 27.2 Å². The van der Waals surface area contributed by atoms with Crippen LogP contribution in [0.15, 0.2) is 10.2 Å². The van der Waals surface area contributed by atoms with Crippen LogP contribution in [0.4, 0.5) is 0 Å². The molecule has 0 heterocycles. The zero-order valence-electron chi connectivity index (χ0n) is 7.82. The molecule has 0 aliphatic rings. The molecule has 0 bridgehead atoms. The van der Waals surface area contributed by atoms with Crippen LogP contribution in [-0.4, -0.2) is 23.7 Å². The maximum Gasteiger partial charge on any atom is 0.330 e. The summed E-state index contributed by atoms with van der Waals surface area (Å²) in [5.41, 5.74) is 0. The zero-order chi connectivity index (χ0) is 9.56. The van der Waals surface area contributed by atoms with E-state index in [0.29, 0.717) is 12.5 Å². The highest BCUT2D eigenvalue weighted by molar-refractivity contribution is 5.72. The smallest absolute Gasteiger partial charge is 0.330 e. The summed E-state index contributed by atoms with van der Waals surface area (Å²) in [5, 5.41) is 15.8. The molecule has 1 unspecified atom stereocenters. The molecule has 1 atom stereocenters. The molecule has 0 aliphatic heterocycles. The molecule has 0 amide bonds. The van der Waals surface area contributed by atoms with E-state index in [9.17, 15) is 4.79 Å². The number of nitrogens with zero attached hydrogens (tertiary/aromatic N) is 2. The Balaban J connectivity index is 3.55. The molecular weight excluding hydrogens is 156 g/mol. The monoisotopic (exact) mass is 172 g/mol. The molecule has 0 aromatic rings. The summed E-state index contributed by atoms with van der Waals surface area (Å²) >= 11 is 0. The lowest BCUT2D eigenvalue weighted by molar-refractivity contribution is -0.138. The van der Waals surface area contributed by atoms with Gasteiger partial charge in [-0.15, -0.1) is 0 Å². The number of hydrogen-bond donors (Lipinski definition) is 1. The first-order valence-corrected chi connectivity index (χ1v) is 4.13. The highest BCUT2D eigenvalue weighted by atomic mass is 16.4. The number of aliphatic carboxylic acids is 1. The van der Waals surface area contributed by atoms with Gasteiger partial charge in [-0.1, -0.05) is 13.8 Å². The maximum atomic E-state index is 10.3. The van der Waals surface area contributed by atoms with Crippen LogP contribution in [0.25, 0.3) is 0 Å². The van der Waals surface area contributed by atoms with Crippen LogP contribution in [0, 0.1) is 5.92 Å². The predicted molar refractivity (Wildman–Crippen MR) is 46.3 cm³/mol. The number of carboxylic acid groups (broad SMARTS) is 1. The molecule has 12 heavy (non-hydrogen) atoms. The largest absolute Gasteiger partial charge is 0.480 e. The lowest BCUT2D eigenvalue weighted by atomic mass is 10.1. The summed E-state index contributed by atoms with van der Waals surface area (Å²) in [4.78, 5) is 10.3. The van der Waals surface area contributed by atoms with Crippen LogP contribution >= 0.6 is 0 Å². The minimum atomic E-state index is -0.928. The number of carboxylic acids is 1. The molecule has 0 saturated heterocycles. The third-order valence-electron chi connectivity index (χ3n) is 1.42. The Morgan fingerprint density at radius 3 is 2.42 bits per heavy atom. The lowest BCUT2D eigenvalue weighted by Gasteiger charge is -1.99. The van der Waals surface area contributed by atoms with E-state index in [1.165, 1.54) is 6.92 Å². The molecule has 1 N–H and O–H groups in total. The Kier molecular flexibility index (Phi) is 5.25. The van der Waals surface area contributed by atoms with Gasteiger partial charge >= 0.3 is 5.97 Å². The van der Waals surface area contributed by atoms with Crippen molar-refractivity contribution in [2.24, 2.45) is 16.1 Å². The standard InChI is InChI=1S/C8H16N2O2/c1-6(2)4-5-9-10-7(3)8(11)12/h6-7H,4-5H2,1-3H3,(H,11,12). The third kappa shape index (κ3) is 5.82. The maximum absolute atomic E-state index is 10.3. The highest BCUT2D eigenvalue weighted by Gasteiger charge is 2.07. The first-order valence-electron chi connectivity index (χ1n) is 4.13. The van der Waals surface area contributed by atoms with Crippen molar-refractivity contribution in [2.75, 3.05) is 6.54 Å². The van der Waals surface area contributed by atoms with Gasteiger partial charge in [0, 0.05) is 0 Å². The number of azo groups is 1. The fourth-order valence-corrected chi connectivity index (χ4v) is 0.546. The molecule has 4 nitrogen and oxygen atoms in total. The molecule has 0 radical (unpaired) electrons. The number of rotatable bonds is 5. The van der Waals surface area contributed by atoms with Crippen molar-refractivity contribution < 1.29 is 9.90 Å². The first kappa shape index (κ1) is 11.1. The highest BCUT2D eigenvalue weighted by Crippen LogP contribution is 1.99. The quantitative estimate of drug-likeness (QED) is 0.644. The van der Waals surface area contributed by atoms with E-state index in [2.05, 4.69) is 24.1 Å². The van der Waals surface area contributed by atoms with Crippen molar-refractivity contribution in [3.05, 3.63) is 0 Å². The van der Waals surface area contributed by atoms with Crippen molar-refractivity contribution in [1.82, 2.24) is 0 Å². The lowest BCUT2D eigenvalue weighted by Crippen LogP contribution is -2.12. The number of carbonyl (C=O) groups is 1. The van der Waals surface area contributed by atoms with Crippen LogP contribution in [0.2, 0.25) is 0 Å². The molecule has 4 heteroatoms. The Hall–Kier alpha value is -0.930. The molecule has 0 fully saturated rings. The van der Waals surface area contributed by atoms with Gasteiger partial charge in [-0.05, 0) is 19.3 Å². The summed E-state index contributed by atoms with van der Waals surface area (Å²) in [5.74, 6) is -0.340.